The first-order chi connectivity index (χ1) is 11.1. The number of carbonyl (C=O) groups is 1. The van der Waals surface area contributed by atoms with Gasteiger partial charge in [0.1, 0.15) is 0 Å². The van der Waals surface area contributed by atoms with Gasteiger partial charge in [0.25, 0.3) is 0 Å². The third-order valence-electron chi connectivity index (χ3n) is 3.63. The van der Waals surface area contributed by atoms with Crippen molar-refractivity contribution in [1.29, 1.82) is 0 Å². The summed E-state index contributed by atoms with van der Waals surface area (Å²) in [5.41, 5.74) is 0.448. The van der Waals surface area contributed by atoms with Crippen LogP contribution in [-0.4, -0.2) is 32.5 Å². The number of carbonyl (C=O) groups excluding carboxylic acids is 1. The molecule has 0 aliphatic carbocycles. The van der Waals surface area contributed by atoms with Gasteiger partial charge in [-0.2, -0.15) is 4.98 Å². The summed E-state index contributed by atoms with van der Waals surface area (Å²) < 4.78 is 27.1. The van der Waals surface area contributed by atoms with Gasteiger partial charge >= 0.3 is 0 Å². The van der Waals surface area contributed by atoms with Crippen molar-refractivity contribution in [2.45, 2.75) is 37.1 Å². The van der Waals surface area contributed by atoms with Crippen LogP contribution in [0.3, 0.4) is 0 Å². The zero-order valence-electron chi connectivity index (χ0n) is 12.7. The van der Waals surface area contributed by atoms with Gasteiger partial charge in [-0.25, -0.2) is 0 Å². The maximum atomic E-state index is 12.0. The molecular formula is C14H15MnN4O4S-. The second-order valence-corrected chi connectivity index (χ2v) is 6.22. The van der Waals surface area contributed by atoms with Crippen LogP contribution in [0.2, 0.25) is 0 Å². The Balaban J connectivity index is 0.00000208. The number of nitrogens with zero attached hydrogens (tertiary/aromatic N) is 4. The standard InChI is InChI=1S/C14H15N4O4S.Mn/c19-13-4-2-1-3-5-18(13)9-12-16-14(17-22-12)10-6-11(23(20)21)8-15-7-10;/h6-8H,1-5,9H2;/q-1;. The van der Waals surface area contributed by atoms with Crippen molar-refractivity contribution >= 4 is 16.6 Å². The van der Waals surface area contributed by atoms with E-state index in [0.29, 0.717) is 24.4 Å². The minimum atomic E-state index is -2.37. The van der Waals surface area contributed by atoms with Crippen LogP contribution >= 0.6 is 0 Å². The normalized spacial score (nSPS) is 15.2. The van der Waals surface area contributed by atoms with Crippen LogP contribution in [0, 0.1) is 0 Å². The van der Waals surface area contributed by atoms with E-state index in [1.165, 1.54) is 18.5 Å². The summed E-state index contributed by atoms with van der Waals surface area (Å²) in [5, 5.41) is 3.84. The van der Waals surface area contributed by atoms with Gasteiger partial charge < -0.3 is 17.8 Å². The predicted molar refractivity (Wildman–Crippen MR) is 78.4 cm³/mol. The minimum absolute atomic E-state index is 0. The topological polar surface area (TPSA) is 106 Å². The molecule has 0 bridgehead atoms. The number of hydrogen-bond donors (Lipinski definition) is 0. The Morgan fingerprint density at radius 3 is 2.83 bits per heavy atom. The largest absolute Gasteiger partial charge is 0.420 e. The summed E-state index contributed by atoms with van der Waals surface area (Å²) in [5.74, 6) is 0.665. The SMILES string of the molecule is O=C1CCCCCN1Cc1nc(-c2cncc([S-](=O)=O)c2)no1.[Mn]. The summed E-state index contributed by atoms with van der Waals surface area (Å²) in [7, 11) is -2.37. The second-order valence-electron chi connectivity index (χ2n) is 5.28. The zero-order valence-corrected chi connectivity index (χ0v) is 14.7. The van der Waals surface area contributed by atoms with Crippen LogP contribution in [0.5, 0.6) is 0 Å². The van der Waals surface area contributed by atoms with Crippen molar-refractivity contribution in [2.24, 2.45) is 0 Å². The number of amides is 1. The van der Waals surface area contributed by atoms with Gasteiger partial charge in [0, 0.05) is 48.0 Å². The molecule has 0 N–H and O–H groups in total. The van der Waals surface area contributed by atoms with E-state index in [2.05, 4.69) is 15.1 Å². The summed E-state index contributed by atoms with van der Waals surface area (Å²) in [6, 6.07) is 1.42. The fourth-order valence-corrected chi connectivity index (χ4v) is 2.81. The maximum absolute atomic E-state index is 12.0. The van der Waals surface area contributed by atoms with Crippen LogP contribution in [0.4, 0.5) is 0 Å². The zero-order chi connectivity index (χ0) is 16.2. The van der Waals surface area contributed by atoms with Gasteiger partial charge in [-0.05, 0) is 23.5 Å². The van der Waals surface area contributed by atoms with E-state index in [1.807, 2.05) is 0 Å². The van der Waals surface area contributed by atoms with E-state index >= 15 is 0 Å². The van der Waals surface area contributed by atoms with E-state index in [4.69, 9.17) is 4.52 Å². The van der Waals surface area contributed by atoms with Gasteiger partial charge in [-0.1, -0.05) is 22.5 Å². The molecular weight excluding hydrogens is 375 g/mol. The third kappa shape index (κ3) is 4.40. The molecule has 0 saturated carbocycles. The fraction of sp³-hybridized carbons (Fsp3) is 0.429. The number of likely N-dealkylation sites (tertiary alicyclic amines) is 1. The summed E-state index contributed by atoms with van der Waals surface area (Å²) >= 11 is 0. The first-order valence-corrected chi connectivity index (χ1v) is 8.36. The summed E-state index contributed by atoms with van der Waals surface area (Å²) in [4.78, 5) is 21.8. The van der Waals surface area contributed by atoms with Crippen molar-refractivity contribution in [3.05, 3.63) is 24.4 Å². The monoisotopic (exact) mass is 390 g/mol. The number of aromatic nitrogens is 3. The maximum Gasteiger partial charge on any atom is 0.246 e. The summed E-state index contributed by atoms with van der Waals surface area (Å²) in [6.07, 6.45) is 6.17. The molecule has 8 nitrogen and oxygen atoms in total. The van der Waals surface area contributed by atoms with E-state index in [0.717, 1.165) is 19.3 Å². The van der Waals surface area contributed by atoms with Gasteiger partial charge in [0.2, 0.25) is 17.6 Å². The molecule has 2 aromatic rings. The molecule has 1 aliphatic rings. The molecule has 0 aromatic carbocycles. The Morgan fingerprint density at radius 1 is 1.21 bits per heavy atom. The van der Waals surface area contributed by atoms with Crippen molar-refractivity contribution in [2.75, 3.05) is 6.54 Å². The molecule has 24 heavy (non-hydrogen) atoms. The Bertz CT molecular complexity index is 785. The molecule has 1 aliphatic heterocycles. The van der Waals surface area contributed by atoms with Crippen LogP contribution in [0.1, 0.15) is 31.6 Å². The van der Waals surface area contributed by atoms with Crippen molar-refractivity contribution in [3.8, 4) is 11.4 Å². The van der Waals surface area contributed by atoms with Crippen LogP contribution in [-0.2, 0) is 47.5 Å². The molecule has 10 heteroatoms. The predicted octanol–water partition coefficient (Wildman–Crippen LogP) is 1.70. The average Bonchev–Trinajstić information content (AvgIpc) is 2.92. The molecule has 0 unspecified atom stereocenters. The molecule has 0 atom stereocenters. The number of rotatable bonds is 4. The van der Waals surface area contributed by atoms with Gasteiger partial charge in [-0.3, -0.25) is 9.78 Å². The molecule has 0 spiro atoms. The second kappa shape index (κ2) is 8.36. The van der Waals surface area contributed by atoms with Crippen molar-refractivity contribution < 1.29 is 34.8 Å². The number of pyridine rings is 1. The minimum Gasteiger partial charge on any atom is -0.420 e. The van der Waals surface area contributed by atoms with Gasteiger partial charge in [-0.15, -0.1) is 0 Å². The smallest absolute Gasteiger partial charge is 0.246 e. The molecule has 129 valence electrons. The molecule has 3 heterocycles. The van der Waals surface area contributed by atoms with Crippen LogP contribution in [0.15, 0.2) is 27.9 Å². The number of hydrogen-bond acceptors (Lipinski definition) is 8. The van der Waals surface area contributed by atoms with E-state index in [9.17, 15) is 13.2 Å². The quantitative estimate of drug-likeness (QED) is 0.578. The van der Waals surface area contributed by atoms with E-state index < -0.39 is 10.7 Å². The molecule has 1 amide bonds. The van der Waals surface area contributed by atoms with Crippen molar-refractivity contribution in [3.63, 3.8) is 0 Å². The Kier molecular flexibility index (Phi) is 6.47. The Morgan fingerprint density at radius 2 is 2.04 bits per heavy atom. The van der Waals surface area contributed by atoms with Crippen LogP contribution < -0.4 is 0 Å². The molecule has 1 saturated heterocycles. The van der Waals surface area contributed by atoms with E-state index in [-0.39, 0.29) is 40.2 Å². The third-order valence-corrected chi connectivity index (χ3v) is 4.24. The van der Waals surface area contributed by atoms with Gasteiger partial charge in [0.15, 0.2) is 0 Å². The Labute approximate surface area is 151 Å². The average molecular weight is 390 g/mol. The molecule has 1 fully saturated rings. The van der Waals surface area contributed by atoms with Crippen LogP contribution in [0.25, 0.3) is 11.4 Å². The van der Waals surface area contributed by atoms with Crippen molar-refractivity contribution in [1.82, 2.24) is 20.0 Å². The van der Waals surface area contributed by atoms with Gasteiger partial charge in [0.05, 0.1) is 6.54 Å². The molecule has 3 rings (SSSR count). The molecule has 2 aromatic heterocycles. The first kappa shape index (κ1) is 18.6. The van der Waals surface area contributed by atoms with E-state index in [1.54, 1.807) is 4.90 Å². The molecule has 1 radical (unpaired) electrons. The fourth-order valence-electron chi connectivity index (χ4n) is 2.44. The Hall–Kier alpha value is -1.77. The first-order valence-electron chi connectivity index (χ1n) is 7.28. The summed E-state index contributed by atoms with van der Waals surface area (Å²) in [6.45, 7) is 0.954.